The molecule has 0 N–H and O–H groups in total. The third-order valence-electron chi connectivity index (χ3n) is 2.68. The number of hydrogen-bond acceptors (Lipinski definition) is 3. The van der Waals surface area contributed by atoms with Gasteiger partial charge < -0.3 is 9.64 Å². The van der Waals surface area contributed by atoms with E-state index >= 15 is 0 Å². The third kappa shape index (κ3) is 5.82. The summed E-state index contributed by atoms with van der Waals surface area (Å²) >= 11 is 0. The molecule has 0 aliphatic heterocycles. The monoisotopic (exact) mass is 243 g/mol. The van der Waals surface area contributed by atoms with Crippen LogP contribution in [0.4, 0.5) is 0 Å². The Morgan fingerprint density at radius 2 is 1.47 bits per heavy atom. The van der Waals surface area contributed by atoms with Gasteiger partial charge in [0.05, 0.1) is 0 Å². The van der Waals surface area contributed by atoms with E-state index in [1.807, 2.05) is 41.5 Å². The SMILES string of the molecule is CN(C(=O)COCC(=O)C(C)(C)C)C(C)(C)C. The van der Waals surface area contributed by atoms with Crippen molar-refractivity contribution in [3.05, 3.63) is 0 Å². The molecule has 0 spiro atoms. The Labute approximate surface area is 104 Å². The number of nitrogens with zero attached hydrogens (tertiary/aromatic N) is 1. The number of ether oxygens (including phenoxy) is 1. The fourth-order valence-electron chi connectivity index (χ4n) is 0.918. The molecule has 0 unspecified atom stereocenters. The van der Waals surface area contributed by atoms with Gasteiger partial charge in [-0.25, -0.2) is 0 Å². The van der Waals surface area contributed by atoms with Crippen LogP contribution in [0, 0.1) is 5.41 Å². The minimum absolute atomic E-state index is 0.00344. The van der Waals surface area contributed by atoms with Crippen LogP contribution in [0.25, 0.3) is 0 Å². The van der Waals surface area contributed by atoms with E-state index in [0.29, 0.717) is 0 Å². The van der Waals surface area contributed by atoms with Crippen molar-refractivity contribution in [3.63, 3.8) is 0 Å². The van der Waals surface area contributed by atoms with Gasteiger partial charge in [-0.15, -0.1) is 0 Å². The van der Waals surface area contributed by atoms with Crippen LogP contribution < -0.4 is 0 Å². The Morgan fingerprint density at radius 3 is 1.82 bits per heavy atom. The van der Waals surface area contributed by atoms with E-state index in [2.05, 4.69) is 0 Å². The van der Waals surface area contributed by atoms with Crippen LogP contribution in [0.1, 0.15) is 41.5 Å². The van der Waals surface area contributed by atoms with Crippen LogP contribution >= 0.6 is 0 Å². The Bertz CT molecular complexity index is 284. The van der Waals surface area contributed by atoms with Gasteiger partial charge in [0.25, 0.3) is 0 Å². The molecule has 0 saturated heterocycles. The number of rotatable bonds is 4. The van der Waals surface area contributed by atoms with Crippen molar-refractivity contribution in [2.75, 3.05) is 20.3 Å². The highest BCUT2D eigenvalue weighted by Crippen LogP contribution is 2.14. The van der Waals surface area contributed by atoms with Crippen LogP contribution in [0.15, 0.2) is 0 Å². The van der Waals surface area contributed by atoms with Crippen molar-refractivity contribution in [2.45, 2.75) is 47.1 Å². The lowest BCUT2D eigenvalue weighted by Crippen LogP contribution is -2.44. The lowest BCUT2D eigenvalue weighted by Gasteiger charge is -2.32. The quantitative estimate of drug-likeness (QED) is 0.757. The van der Waals surface area contributed by atoms with E-state index in [4.69, 9.17) is 4.74 Å². The summed E-state index contributed by atoms with van der Waals surface area (Å²) in [6, 6.07) is 0. The van der Waals surface area contributed by atoms with E-state index in [9.17, 15) is 9.59 Å². The zero-order valence-electron chi connectivity index (χ0n) is 12.1. The lowest BCUT2D eigenvalue weighted by atomic mass is 9.91. The number of ketones is 1. The molecule has 17 heavy (non-hydrogen) atoms. The van der Waals surface area contributed by atoms with Crippen molar-refractivity contribution in [3.8, 4) is 0 Å². The molecular weight excluding hydrogens is 218 g/mol. The van der Waals surface area contributed by atoms with Crippen LogP contribution in [-0.4, -0.2) is 42.4 Å². The summed E-state index contributed by atoms with van der Waals surface area (Å²) in [7, 11) is 1.73. The molecule has 0 aromatic rings. The van der Waals surface area contributed by atoms with Gasteiger partial charge in [0.15, 0.2) is 5.78 Å². The Morgan fingerprint density at radius 1 is 1.00 bits per heavy atom. The fraction of sp³-hybridized carbons (Fsp3) is 0.846. The summed E-state index contributed by atoms with van der Waals surface area (Å²) in [5.41, 5.74) is -0.645. The molecule has 0 fully saturated rings. The summed E-state index contributed by atoms with van der Waals surface area (Å²) in [4.78, 5) is 24.9. The van der Waals surface area contributed by atoms with E-state index in [0.717, 1.165) is 0 Å². The van der Waals surface area contributed by atoms with Crippen molar-refractivity contribution in [1.29, 1.82) is 0 Å². The average molecular weight is 243 g/mol. The predicted molar refractivity (Wildman–Crippen MR) is 67.8 cm³/mol. The van der Waals surface area contributed by atoms with Gasteiger partial charge >= 0.3 is 0 Å². The Hall–Kier alpha value is -0.900. The predicted octanol–water partition coefficient (Wildman–Crippen LogP) is 1.88. The first-order chi connectivity index (χ1) is 7.46. The minimum Gasteiger partial charge on any atom is -0.364 e. The molecule has 0 saturated carbocycles. The molecule has 0 aromatic carbocycles. The Balaban J connectivity index is 4.08. The summed E-state index contributed by atoms with van der Waals surface area (Å²) in [6.07, 6.45) is 0. The van der Waals surface area contributed by atoms with E-state index in [1.165, 1.54) is 0 Å². The summed E-state index contributed by atoms with van der Waals surface area (Å²) < 4.78 is 5.16. The van der Waals surface area contributed by atoms with Crippen LogP contribution in [0.2, 0.25) is 0 Å². The van der Waals surface area contributed by atoms with Crippen molar-refractivity contribution >= 4 is 11.7 Å². The highest BCUT2D eigenvalue weighted by atomic mass is 16.5. The molecule has 0 rings (SSSR count). The van der Waals surface area contributed by atoms with Crippen LogP contribution in [0.5, 0.6) is 0 Å². The first-order valence-electron chi connectivity index (χ1n) is 5.84. The first-order valence-corrected chi connectivity index (χ1v) is 5.84. The van der Waals surface area contributed by atoms with Gasteiger partial charge in [-0.05, 0) is 20.8 Å². The molecule has 0 atom stereocenters. The Kier molecular flexibility index (Phi) is 5.33. The highest BCUT2D eigenvalue weighted by molar-refractivity contribution is 5.85. The molecule has 0 aliphatic rings. The molecule has 0 radical (unpaired) electrons. The maximum absolute atomic E-state index is 11.7. The lowest BCUT2D eigenvalue weighted by molar-refractivity contribution is -0.142. The number of carbonyl (C=O) groups is 2. The molecule has 4 heteroatoms. The zero-order chi connectivity index (χ0) is 13.9. The number of amides is 1. The molecule has 0 heterocycles. The van der Waals surface area contributed by atoms with Gasteiger partial charge in [0, 0.05) is 18.0 Å². The second-order valence-electron chi connectivity index (χ2n) is 6.29. The van der Waals surface area contributed by atoms with E-state index in [1.54, 1.807) is 11.9 Å². The molecule has 0 aliphatic carbocycles. The van der Waals surface area contributed by atoms with Gasteiger partial charge in [0.1, 0.15) is 13.2 Å². The standard InChI is InChI=1S/C13H25NO3/c1-12(2,3)10(15)8-17-9-11(16)14(7)13(4,5)6/h8-9H2,1-7H3. The number of carbonyl (C=O) groups excluding carboxylic acids is 2. The minimum atomic E-state index is -0.418. The maximum atomic E-state index is 11.7. The second kappa shape index (κ2) is 5.63. The molecule has 0 aromatic heterocycles. The van der Waals surface area contributed by atoms with Gasteiger partial charge in [0.2, 0.25) is 5.91 Å². The first kappa shape index (κ1) is 16.1. The summed E-state index contributed by atoms with van der Waals surface area (Å²) in [5.74, 6) is -0.108. The van der Waals surface area contributed by atoms with Gasteiger partial charge in [-0.1, -0.05) is 20.8 Å². The largest absolute Gasteiger partial charge is 0.364 e. The van der Waals surface area contributed by atoms with Crippen LogP contribution in [0.3, 0.4) is 0 Å². The van der Waals surface area contributed by atoms with Gasteiger partial charge in [-0.3, -0.25) is 9.59 Å². The highest BCUT2D eigenvalue weighted by Gasteiger charge is 2.24. The van der Waals surface area contributed by atoms with Crippen molar-refractivity contribution in [2.24, 2.45) is 5.41 Å². The molecular formula is C13H25NO3. The van der Waals surface area contributed by atoms with Crippen molar-refractivity contribution in [1.82, 2.24) is 4.90 Å². The molecule has 1 amide bonds. The molecule has 100 valence electrons. The number of likely N-dealkylation sites (N-methyl/N-ethyl adjacent to an activating group) is 1. The molecule has 4 nitrogen and oxygen atoms in total. The maximum Gasteiger partial charge on any atom is 0.248 e. The normalized spacial score (nSPS) is 12.4. The smallest absolute Gasteiger partial charge is 0.248 e. The number of Topliss-reactive ketones (excluding diaryl/α,β-unsaturated/α-hetero) is 1. The average Bonchev–Trinajstić information content (AvgIpc) is 2.13. The van der Waals surface area contributed by atoms with E-state index < -0.39 is 5.41 Å². The topological polar surface area (TPSA) is 46.6 Å². The van der Waals surface area contributed by atoms with E-state index in [-0.39, 0.29) is 30.4 Å². The van der Waals surface area contributed by atoms with Gasteiger partial charge in [-0.2, -0.15) is 0 Å². The second-order valence-corrected chi connectivity index (χ2v) is 6.29. The van der Waals surface area contributed by atoms with Crippen LogP contribution in [-0.2, 0) is 14.3 Å². The summed E-state index contributed by atoms with van der Waals surface area (Å²) in [6.45, 7) is 11.3. The number of hydrogen-bond donors (Lipinski definition) is 0. The third-order valence-corrected chi connectivity index (χ3v) is 2.68. The molecule has 0 bridgehead atoms. The fourth-order valence-corrected chi connectivity index (χ4v) is 0.918. The zero-order valence-corrected chi connectivity index (χ0v) is 12.1. The summed E-state index contributed by atoms with van der Waals surface area (Å²) in [5, 5.41) is 0. The van der Waals surface area contributed by atoms with Crippen molar-refractivity contribution < 1.29 is 14.3 Å².